The van der Waals surface area contributed by atoms with Gasteiger partial charge in [0.25, 0.3) is 0 Å². The minimum Gasteiger partial charge on any atom is -0.0890 e. The first-order chi connectivity index (χ1) is 3.29. The van der Waals surface area contributed by atoms with Gasteiger partial charge in [-0.3, -0.25) is 0 Å². The largest absolute Gasteiger partial charge is 0.0890 e. The number of hydrogen-bond acceptors (Lipinski definition) is 0. The Hall–Kier alpha value is 0.960. The van der Waals surface area contributed by atoms with E-state index < -0.39 is 0 Å². The Morgan fingerprint density at radius 3 is 1.57 bits per heavy atom. The Morgan fingerprint density at radius 1 is 1.00 bits per heavy atom. The fourth-order valence-corrected chi connectivity index (χ4v) is 2.81. The number of hydrogen-bond donors (Lipinski definition) is 0. The van der Waals surface area contributed by atoms with Gasteiger partial charge in [-0.15, -0.1) is 0 Å². The molecule has 2 atom stereocenters. The SMILES string of the molecule is Br[C@H]1CC[C@H](Br)C1. The van der Waals surface area contributed by atoms with Crippen LogP contribution in [0.3, 0.4) is 0 Å². The summed E-state index contributed by atoms with van der Waals surface area (Å²) in [6.07, 6.45) is 3.99. The summed E-state index contributed by atoms with van der Waals surface area (Å²) in [6, 6.07) is 0. The zero-order chi connectivity index (χ0) is 5.28. The molecule has 1 fully saturated rings. The van der Waals surface area contributed by atoms with Crippen molar-refractivity contribution in [2.45, 2.75) is 28.9 Å². The second-order valence-corrected chi connectivity index (χ2v) is 4.60. The highest BCUT2D eigenvalue weighted by Crippen LogP contribution is 2.29. The molecule has 1 saturated carbocycles. The van der Waals surface area contributed by atoms with Crippen LogP contribution in [-0.4, -0.2) is 9.65 Å². The van der Waals surface area contributed by atoms with E-state index in [1.807, 2.05) is 0 Å². The van der Waals surface area contributed by atoms with Gasteiger partial charge >= 0.3 is 0 Å². The monoisotopic (exact) mass is 226 g/mol. The Bertz CT molecular complexity index is 55.1. The third-order valence-electron chi connectivity index (χ3n) is 1.30. The second-order valence-electron chi connectivity index (χ2n) is 2.01. The fraction of sp³-hybridized carbons (Fsp3) is 1.00. The van der Waals surface area contributed by atoms with Crippen LogP contribution in [0.15, 0.2) is 0 Å². The van der Waals surface area contributed by atoms with E-state index in [9.17, 15) is 0 Å². The van der Waals surface area contributed by atoms with Gasteiger partial charge < -0.3 is 0 Å². The van der Waals surface area contributed by atoms with Gasteiger partial charge in [-0.2, -0.15) is 0 Å². The molecule has 0 bridgehead atoms. The van der Waals surface area contributed by atoms with Crippen molar-refractivity contribution in [3.05, 3.63) is 0 Å². The maximum absolute atomic E-state index is 3.55. The molecule has 0 aromatic heterocycles. The first kappa shape index (κ1) is 6.09. The Kier molecular flexibility index (Phi) is 2.17. The van der Waals surface area contributed by atoms with Crippen molar-refractivity contribution in [3.8, 4) is 0 Å². The van der Waals surface area contributed by atoms with E-state index in [2.05, 4.69) is 31.9 Å². The van der Waals surface area contributed by atoms with Gasteiger partial charge in [-0.1, -0.05) is 31.9 Å². The molecular weight excluding hydrogens is 220 g/mol. The lowest BCUT2D eigenvalue weighted by molar-refractivity contribution is 0.913. The van der Waals surface area contributed by atoms with Crippen LogP contribution in [0.25, 0.3) is 0 Å². The molecule has 0 N–H and O–H groups in total. The molecule has 2 heteroatoms. The van der Waals surface area contributed by atoms with Gasteiger partial charge in [0.15, 0.2) is 0 Å². The van der Waals surface area contributed by atoms with Gasteiger partial charge in [-0.05, 0) is 19.3 Å². The van der Waals surface area contributed by atoms with Crippen molar-refractivity contribution in [1.82, 2.24) is 0 Å². The van der Waals surface area contributed by atoms with Gasteiger partial charge in [0.1, 0.15) is 0 Å². The molecule has 0 saturated heterocycles. The maximum Gasteiger partial charge on any atom is 0.0156 e. The summed E-state index contributed by atoms with van der Waals surface area (Å²) < 4.78 is 0. The summed E-state index contributed by atoms with van der Waals surface area (Å²) in [4.78, 5) is 1.58. The quantitative estimate of drug-likeness (QED) is 0.559. The molecule has 0 unspecified atom stereocenters. The number of alkyl halides is 2. The molecule has 0 aromatic rings. The highest BCUT2D eigenvalue weighted by molar-refractivity contribution is 9.10. The molecule has 1 aliphatic rings. The predicted molar refractivity (Wildman–Crippen MR) is 39.3 cm³/mol. The van der Waals surface area contributed by atoms with Crippen molar-refractivity contribution in [1.29, 1.82) is 0 Å². The summed E-state index contributed by atoms with van der Waals surface area (Å²) in [5.74, 6) is 0. The van der Waals surface area contributed by atoms with Crippen LogP contribution in [-0.2, 0) is 0 Å². The van der Waals surface area contributed by atoms with E-state index in [1.165, 1.54) is 19.3 Å². The van der Waals surface area contributed by atoms with Gasteiger partial charge in [-0.25, -0.2) is 0 Å². The van der Waals surface area contributed by atoms with Crippen LogP contribution >= 0.6 is 31.9 Å². The maximum atomic E-state index is 3.55. The highest BCUT2D eigenvalue weighted by atomic mass is 79.9. The van der Waals surface area contributed by atoms with Crippen LogP contribution in [0.1, 0.15) is 19.3 Å². The Morgan fingerprint density at radius 2 is 1.43 bits per heavy atom. The summed E-state index contributed by atoms with van der Waals surface area (Å²) in [7, 11) is 0. The molecular formula is C5H8Br2. The van der Waals surface area contributed by atoms with E-state index in [-0.39, 0.29) is 0 Å². The molecule has 0 nitrogen and oxygen atoms in total. The zero-order valence-corrected chi connectivity index (χ0v) is 7.20. The first-order valence-electron chi connectivity index (χ1n) is 2.57. The van der Waals surface area contributed by atoms with E-state index in [0.29, 0.717) is 0 Å². The van der Waals surface area contributed by atoms with Gasteiger partial charge in [0.05, 0.1) is 0 Å². The standard InChI is InChI=1S/C5H8Br2/c6-4-1-2-5(7)3-4/h4-5H,1-3H2/t4-,5-/m0/s1. The van der Waals surface area contributed by atoms with Crippen LogP contribution in [0.5, 0.6) is 0 Å². The Labute approximate surface area is 60.9 Å². The fourth-order valence-electron chi connectivity index (χ4n) is 0.875. The van der Waals surface area contributed by atoms with E-state index in [4.69, 9.17) is 0 Å². The first-order valence-corrected chi connectivity index (χ1v) is 4.40. The van der Waals surface area contributed by atoms with Crippen LogP contribution < -0.4 is 0 Å². The number of halogens is 2. The van der Waals surface area contributed by atoms with Crippen molar-refractivity contribution in [3.63, 3.8) is 0 Å². The minimum absolute atomic E-state index is 0.789. The third kappa shape index (κ3) is 1.73. The van der Waals surface area contributed by atoms with E-state index in [0.717, 1.165) is 9.65 Å². The summed E-state index contributed by atoms with van der Waals surface area (Å²) >= 11 is 7.10. The zero-order valence-electron chi connectivity index (χ0n) is 4.03. The molecule has 0 spiro atoms. The Balaban J connectivity index is 2.26. The lowest BCUT2D eigenvalue weighted by Gasteiger charge is -1.93. The summed E-state index contributed by atoms with van der Waals surface area (Å²) in [5.41, 5.74) is 0. The second kappa shape index (κ2) is 2.49. The van der Waals surface area contributed by atoms with Crippen molar-refractivity contribution < 1.29 is 0 Å². The molecule has 7 heavy (non-hydrogen) atoms. The topological polar surface area (TPSA) is 0 Å². The number of rotatable bonds is 0. The van der Waals surface area contributed by atoms with Crippen LogP contribution in [0.4, 0.5) is 0 Å². The molecule has 1 rings (SSSR count). The van der Waals surface area contributed by atoms with Crippen molar-refractivity contribution in [2.75, 3.05) is 0 Å². The van der Waals surface area contributed by atoms with E-state index >= 15 is 0 Å². The molecule has 0 heterocycles. The predicted octanol–water partition coefficient (Wildman–Crippen LogP) is 2.70. The average Bonchev–Trinajstić information content (AvgIpc) is 1.87. The van der Waals surface area contributed by atoms with Gasteiger partial charge in [0, 0.05) is 9.65 Å². The average molecular weight is 228 g/mol. The molecule has 0 radical (unpaired) electrons. The molecule has 0 aromatic carbocycles. The molecule has 1 aliphatic carbocycles. The minimum atomic E-state index is 0.789. The van der Waals surface area contributed by atoms with Crippen LogP contribution in [0, 0.1) is 0 Å². The summed E-state index contributed by atoms with van der Waals surface area (Å²) in [6.45, 7) is 0. The van der Waals surface area contributed by atoms with Gasteiger partial charge in [0.2, 0.25) is 0 Å². The molecule has 0 amide bonds. The highest BCUT2D eigenvalue weighted by Gasteiger charge is 2.18. The normalized spacial score (nSPS) is 42.0. The smallest absolute Gasteiger partial charge is 0.0156 e. The lowest BCUT2D eigenvalue weighted by Crippen LogP contribution is -1.89. The summed E-state index contributed by atoms with van der Waals surface area (Å²) in [5, 5.41) is 0. The van der Waals surface area contributed by atoms with Crippen molar-refractivity contribution >= 4 is 31.9 Å². The van der Waals surface area contributed by atoms with E-state index in [1.54, 1.807) is 0 Å². The van der Waals surface area contributed by atoms with Crippen LogP contribution in [0.2, 0.25) is 0 Å². The lowest BCUT2D eigenvalue weighted by atomic mass is 10.4. The molecule has 42 valence electrons. The molecule has 0 aliphatic heterocycles. The third-order valence-corrected chi connectivity index (χ3v) is 2.97. The van der Waals surface area contributed by atoms with Crippen molar-refractivity contribution in [2.24, 2.45) is 0 Å².